The summed E-state index contributed by atoms with van der Waals surface area (Å²) in [6.45, 7) is 3.27. The molecule has 0 aliphatic carbocycles. The molecule has 1 aromatic carbocycles. The Kier molecular flexibility index (Phi) is 4.63. The molecule has 0 spiro atoms. The summed E-state index contributed by atoms with van der Waals surface area (Å²) in [5, 5.41) is 2.33. The van der Waals surface area contributed by atoms with Gasteiger partial charge in [0.25, 0.3) is 0 Å². The van der Waals surface area contributed by atoms with E-state index in [1.807, 2.05) is 0 Å². The maximum atomic E-state index is 13.2. The molecule has 0 bridgehead atoms. The Bertz CT molecular complexity index is 420. The SMILES string of the molecule is CCOC(=O)C(C)C(=O)Nc1ccccc1F. The van der Waals surface area contributed by atoms with E-state index in [-0.39, 0.29) is 12.3 Å². The third-order valence-corrected chi connectivity index (χ3v) is 2.17. The van der Waals surface area contributed by atoms with Crippen molar-refractivity contribution in [1.29, 1.82) is 0 Å². The van der Waals surface area contributed by atoms with Gasteiger partial charge >= 0.3 is 5.97 Å². The molecule has 1 aromatic rings. The maximum absolute atomic E-state index is 13.2. The van der Waals surface area contributed by atoms with Crippen LogP contribution < -0.4 is 5.32 Å². The Morgan fingerprint density at radius 2 is 2.06 bits per heavy atom. The molecule has 0 saturated heterocycles. The van der Waals surface area contributed by atoms with Crippen LogP contribution >= 0.6 is 0 Å². The van der Waals surface area contributed by atoms with E-state index in [0.29, 0.717) is 0 Å². The van der Waals surface area contributed by atoms with Gasteiger partial charge in [-0.15, -0.1) is 0 Å². The quantitative estimate of drug-likeness (QED) is 0.645. The summed E-state index contributed by atoms with van der Waals surface area (Å²) in [7, 11) is 0. The molecule has 0 heterocycles. The number of esters is 1. The highest BCUT2D eigenvalue weighted by atomic mass is 19.1. The minimum Gasteiger partial charge on any atom is -0.465 e. The van der Waals surface area contributed by atoms with E-state index in [1.165, 1.54) is 25.1 Å². The minimum absolute atomic E-state index is 0.0497. The number of ether oxygens (including phenoxy) is 1. The van der Waals surface area contributed by atoms with Gasteiger partial charge in [0.1, 0.15) is 11.7 Å². The first-order chi connectivity index (χ1) is 8.06. The summed E-state index contributed by atoms with van der Waals surface area (Å²) in [5.74, 6) is -2.72. The van der Waals surface area contributed by atoms with Crippen LogP contribution in [0.2, 0.25) is 0 Å². The zero-order valence-electron chi connectivity index (χ0n) is 9.70. The lowest BCUT2D eigenvalue weighted by Crippen LogP contribution is -2.29. The van der Waals surface area contributed by atoms with Crippen LogP contribution in [0, 0.1) is 11.7 Å². The van der Waals surface area contributed by atoms with Gasteiger partial charge in [-0.2, -0.15) is 0 Å². The van der Waals surface area contributed by atoms with Crippen molar-refractivity contribution in [2.24, 2.45) is 5.92 Å². The number of hydrogen-bond acceptors (Lipinski definition) is 3. The standard InChI is InChI=1S/C12H14FNO3/c1-3-17-12(16)8(2)11(15)14-10-7-5-4-6-9(10)13/h4-8H,3H2,1-2H3,(H,14,15). The van der Waals surface area contributed by atoms with E-state index < -0.39 is 23.6 Å². The minimum atomic E-state index is -0.963. The van der Waals surface area contributed by atoms with Crippen molar-refractivity contribution in [3.8, 4) is 0 Å². The molecule has 1 amide bonds. The number of nitrogens with one attached hydrogen (secondary N) is 1. The lowest BCUT2D eigenvalue weighted by Gasteiger charge is -2.11. The van der Waals surface area contributed by atoms with Crippen LogP contribution in [-0.2, 0) is 14.3 Å². The van der Waals surface area contributed by atoms with E-state index in [9.17, 15) is 14.0 Å². The highest BCUT2D eigenvalue weighted by Crippen LogP contribution is 2.14. The molecule has 0 aliphatic rings. The first-order valence-corrected chi connectivity index (χ1v) is 5.28. The van der Waals surface area contributed by atoms with Crippen molar-refractivity contribution < 1.29 is 18.7 Å². The average molecular weight is 239 g/mol. The van der Waals surface area contributed by atoms with Gasteiger partial charge in [0, 0.05) is 0 Å². The Morgan fingerprint density at radius 1 is 1.41 bits per heavy atom. The van der Waals surface area contributed by atoms with Gasteiger partial charge in [-0.25, -0.2) is 4.39 Å². The Morgan fingerprint density at radius 3 is 2.65 bits per heavy atom. The van der Waals surface area contributed by atoms with E-state index in [2.05, 4.69) is 5.32 Å². The zero-order chi connectivity index (χ0) is 12.8. The fourth-order valence-electron chi connectivity index (χ4n) is 1.18. The van der Waals surface area contributed by atoms with Crippen LogP contribution in [0.25, 0.3) is 0 Å². The van der Waals surface area contributed by atoms with Crippen LogP contribution in [0.1, 0.15) is 13.8 Å². The molecule has 17 heavy (non-hydrogen) atoms. The summed E-state index contributed by atoms with van der Waals surface area (Å²) >= 11 is 0. The van der Waals surface area contributed by atoms with Crippen LogP contribution in [0.3, 0.4) is 0 Å². The second kappa shape index (κ2) is 5.98. The monoisotopic (exact) mass is 239 g/mol. The van der Waals surface area contributed by atoms with Gasteiger partial charge < -0.3 is 10.1 Å². The summed E-state index contributed by atoms with van der Waals surface area (Å²) in [4.78, 5) is 22.9. The van der Waals surface area contributed by atoms with Crippen LogP contribution in [0.15, 0.2) is 24.3 Å². The molecule has 0 fully saturated rings. The molecule has 1 N–H and O–H groups in total. The number of carbonyl (C=O) groups excluding carboxylic acids is 2. The molecule has 1 atom stereocenters. The number of hydrogen-bond donors (Lipinski definition) is 1. The number of rotatable bonds is 4. The number of para-hydroxylation sites is 1. The summed E-state index contributed by atoms with van der Waals surface area (Å²) in [6.07, 6.45) is 0. The zero-order valence-corrected chi connectivity index (χ0v) is 9.70. The van der Waals surface area contributed by atoms with Gasteiger partial charge in [-0.1, -0.05) is 12.1 Å². The first-order valence-electron chi connectivity index (χ1n) is 5.28. The first kappa shape index (κ1) is 13.2. The number of amides is 1. The number of halogens is 1. The molecule has 92 valence electrons. The van der Waals surface area contributed by atoms with Crippen molar-refractivity contribution in [1.82, 2.24) is 0 Å². The van der Waals surface area contributed by atoms with Crippen LogP contribution in [0.4, 0.5) is 10.1 Å². The van der Waals surface area contributed by atoms with E-state index in [4.69, 9.17) is 4.74 Å². The normalized spacial score (nSPS) is 11.7. The fourth-order valence-corrected chi connectivity index (χ4v) is 1.18. The van der Waals surface area contributed by atoms with Crippen molar-refractivity contribution in [3.63, 3.8) is 0 Å². The molecule has 1 rings (SSSR count). The fraction of sp³-hybridized carbons (Fsp3) is 0.333. The smallest absolute Gasteiger partial charge is 0.318 e. The van der Waals surface area contributed by atoms with Crippen molar-refractivity contribution in [3.05, 3.63) is 30.1 Å². The van der Waals surface area contributed by atoms with Gasteiger partial charge in [0.2, 0.25) is 5.91 Å². The maximum Gasteiger partial charge on any atom is 0.318 e. The number of carbonyl (C=O) groups is 2. The van der Waals surface area contributed by atoms with Crippen LogP contribution in [-0.4, -0.2) is 18.5 Å². The summed E-state index contributed by atoms with van der Waals surface area (Å²) < 4.78 is 17.9. The molecule has 0 saturated carbocycles. The van der Waals surface area contributed by atoms with Crippen molar-refractivity contribution in [2.75, 3.05) is 11.9 Å². The molecule has 4 nitrogen and oxygen atoms in total. The van der Waals surface area contributed by atoms with Gasteiger partial charge in [-0.05, 0) is 26.0 Å². The second-order valence-corrected chi connectivity index (χ2v) is 3.44. The molecular weight excluding hydrogens is 225 g/mol. The van der Waals surface area contributed by atoms with Gasteiger partial charge in [0.05, 0.1) is 12.3 Å². The number of anilines is 1. The van der Waals surface area contributed by atoms with E-state index >= 15 is 0 Å². The molecule has 0 radical (unpaired) electrons. The highest BCUT2D eigenvalue weighted by molar-refractivity contribution is 6.04. The molecule has 1 unspecified atom stereocenters. The number of benzene rings is 1. The third-order valence-electron chi connectivity index (χ3n) is 2.17. The van der Waals surface area contributed by atoms with E-state index in [0.717, 1.165) is 0 Å². The lowest BCUT2D eigenvalue weighted by atomic mass is 10.1. The van der Waals surface area contributed by atoms with Crippen LogP contribution in [0.5, 0.6) is 0 Å². The topological polar surface area (TPSA) is 55.4 Å². The van der Waals surface area contributed by atoms with Crippen molar-refractivity contribution in [2.45, 2.75) is 13.8 Å². The molecule has 5 heteroatoms. The summed E-state index contributed by atoms with van der Waals surface area (Å²) in [5.41, 5.74) is 0.0497. The largest absolute Gasteiger partial charge is 0.465 e. The van der Waals surface area contributed by atoms with E-state index in [1.54, 1.807) is 13.0 Å². The molecule has 0 aromatic heterocycles. The lowest BCUT2D eigenvalue weighted by molar-refractivity contribution is -0.150. The summed E-state index contributed by atoms with van der Waals surface area (Å²) in [6, 6.07) is 5.75. The Hall–Kier alpha value is -1.91. The third kappa shape index (κ3) is 3.55. The van der Waals surface area contributed by atoms with Crippen molar-refractivity contribution >= 4 is 17.6 Å². The predicted octanol–water partition coefficient (Wildman–Crippen LogP) is 1.96. The second-order valence-electron chi connectivity index (χ2n) is 3.44. The van der Waals surface area contributed by atoms with Gasteiger partial charge in [0.15, 0.2) is 0 Å². The van der Waals surface area contributed by atoms with Gasteiger partial charge in [-0.3, -0.25) is 9.59 Å². The Balaban J connectivity index is 2.67. The highest BCUT2D eigenvalue weighted by Gasteiger charge is 2.23. The average Bonchev–Trinajstić information content (AvgIpc) is 2.31. The molecule has 0 aliphatic heterocycles. The Labute approximate surface area is 98.8 Å². The predicted molar refractivity (Wildman–Crippen MR) is 60.8 cm³/mol. The molecular formula is C12H14FNO3.